The number of rotatable bonds is 7. The maximum Gasteiger partial charge on any atom is 0.226 e. The van der Waals surface area contributed by atoms with E-state index in [0.29, 0.717) is 19.0 Å². The zero-order valence-electron chi connectivity index (χ0n) is 17.9. The van der Waals surface area contributed by atoms with Gasteiger partial charge in [0.1, 0.15) is 6.26 Å². The third-order valence-electron chi connectivity index (χ3n) is 5.09. The molecule has 0 saturated carbocycles. The number of aliphatic imine (C=N–C) groups is 1. The van der Waals surface area contributed by atoms with Gasteiger partial charge in [-0.2, -0.15) is 0 Å². The van der Waals surface area contributed by atoms with E-state index in [1.54, 1.807) is 6.26 Å². The first-order valence-electron chi connectivity index (χ1n) is 10.8. The first-order chi connectivity index (χ1) is 15.3. The lowest BCUT2D eigenvalue weighted by Crippen LogP contribution is -2.36. The molecule has 162 valence electrons. The quantitative estimate of drug-likeness (QED) is 0.451. The summed E-state index contributed by atoms with van der Waals surface area (Å²) in [5.74, 6) is 1.38. The lowest BCUT2D eigenvalue weighted by atomic mass is 10.2. The van der Waals surface area contributed by atoms with Gasteiger partial charge in [-0.3, -0.25) is 0 Å². The Morgan fingerprint density at radius 2 is 1.81 bits per heavy atom. The SMILES string of the molecule is CCNC(=NCc1ccc(N2CCOCC2)cc1)NCc1coc(-c2ccccc2)n1. The Kier molecular flexibility index (Phi) is 7.18. The maximum atomic E-state index is 5.61. The van der Waals surface area contributed by atoms with Crippen LogP contribution in [0.3, 0.4) is 0 Å². The highest BCUT2D eigenvalue weighted by Crippen LogP contribution is 2.18. The van der Waals surface area contributed by atoms with Gasteiger partial charge in [0.15, 0.2) is 5.96 Å². The third-order valence-corrected chi connectivity index (χ3v) is 5.09. The van der Waals surface area contributed by atoms with Crippen molar-refractivity contribution < 1.29 is 9.15 Å². The normalized spacial score (nSPS) is 14.5. The molecule has 1 aliphatic rings. The second-order valence-electron chi connectivity index (χ2n) is 7.32. The van der Waals surface area contributed by atoms with Crippen LogP contribution in [0.25, 0.3) is 11.5 Å². The molecule has 31 heavy (non-hydrogen) atoms. The van der Waals surface area contributed by atoms with Gasteiger partial charge in [-0.15, -0.1) is 0 Å². The second-order valence-corrected chi connectivity index (χ2v) is 7.32. The van der Waals surface area contributed by atoms with Gasteiger partial charge in [-0.05, 0) is 36.8 Å². The van der Waals surface area contributed by atoms with Crippen molar-refractivity contribution in [1.82, 2.24) is 15.6 Å². The Hall–Kier alpha value is -3.32. The molecule has 1 saturated heterocycles. The Morgan fingerprint density at radius 1 is 1.03 bits per heavy atom. The zero-order chi connectivity index (χ0) is 21.3. The summed E-state index contributed by atoms with van der Waals surface area (Å²) in [6.45, 7) is 7.46. The van der Waals surface area contributed by atoms with E-state index in [2.05, 4.69) is 51.7 Å². The number of morpholine rings is 1. The van der Waals surface area contributed by atoms with Gasteiger partial charge >= 0.3 is 0 Å². The molecule has 0 amide bonds. The molecule has 0 bridgehead atoms. The maximum absolute atomic E-state index is 5.61. The minimum absolute atomic E-state index is 0.540. The number of ether oxygens (including phenoxy) is 1. The molecule has 4 rings (SSSR count). The van der Waals surface area contributed by atoms with Crippen molar-refractivity contribution >= 4 is 11.6 Å². The van der Waals surface area contributed by atoms with E-state index in [0.717, 1.165) is 50.1 Å². The summed E-state index contributed by atoms with van der Waals surface area (Å²) in [5.41, 5.74) is 4.21. The Bertz CT molecular complexity index is 963. The van der Waals surface area contributed by atoms with Crippen LogP contribution in [0, 0.1) is 0 Å². The van der Waals surface area contributed by atoms with Crippen LogP contribution in [0.5, 0.6) is 0 Å². The molecule has 0 spiro atoms. The molecule has 3 aromatic rings. The topological polar surface area (TPSA) is 74.9 Å². The van der Waals surface area contributed by atoms with Gasteiger partial charge in [0.05, 0.1) is 32.0 Å². The van der Waals surface area contributed by atoms with Crippen molar-refractivity contribution in [2.24, 2.45) is 4.99 Å². The van der Waals surface area contributed by atoms with Crippen molar-refractivity contribution in [2.75, 3.05) is 37.7 Å². The lowest BCUT2D eigenvalue weighted by molar-refractivity contribution is 0.122. The van der Waals surface area contributed by atoms with E-state index in [4.69, 9.17) is 14.1 Å². The Morgan fingerprint density at radius 3 is 2.55 bits per heavy atom. The molecule has 0 unspecified atom stereocenters. The van der Waals surface area contributed by atoms with E-state index in [1.807, 2.05) is 30.3 Å². The number of nitrogens with zero attached hydrogens (tertiary/aromatic N) is 3. The van der Waals surface area contributed by atoms with Crippen LogP contribution in [0.2, 0.25) is 0 Å². The highest BCUT2D eigenvalue weighted by Gasteiger charge is 2.11. The highest BCUT2D eigenvalue weighted by molar-refractivity contribution is 5.79. The fourth-order valence-electron chi connectivity index (χ4n) is 3.42. The van der Waals surface area contributed by atoms with Crippen molar-refractivity contribution in [1.29, 1.82) is 0 Å². The number of hydrogen-bond donors (Lipinski definition) is 2. The first kappa shape index (κ1) is 20.9. The monoisotopic (exact) mass is 419 g/mol. The summed E-state index contributed by atoms with van der Waals surface area (Å²) in [4.78, 5) is 11.6. The molecule has 7 heteroatoms. The number of guanidine groups is 1. The fourth-order valence-corrected chi connectivity index (χ4v) is 3.42. The predicted octanol–water partition coefficient (Wildman–Crippen LogP) is 3.43. The number of benzene rings is 2. The number of anilines is 1. The lowest BCUT2D eigenvalue weighted by Gasteiger charge is -2.28. The molecule has 2 N–H and O–H groups in total. The van der Waals surface area contributed by atoms with Crippen molar-refractivity contribution in [3.63, 3.8) is 0 Å². The number of aromatic nitrogens is 1. The van der Waals surface area contributed by atoms with Crippen LogP contribution in [-0.2, 0) is 17.8 Å². The van der Waals surface area contributed by atoms with Gasteiger partial charge in [0.25, 0.3) is 0 Å². The number of oxazole rings is 1. The summed E-state index contributed by atoms with van der Waals surface area (Å²) in [7, 11) is 0. The molecule has 7 nitrogen and oxygen atoms in total. The average Bonchev–Trinajstić information content (AvgIpc) is 3.31. The molecular formula is C24H29N5O2. The molecule has 2 aromatic carbocycles. The zero-order valence-corrected chi connectivity index (χ0v) is 17.9. The summed E-state index contributed by atoms with van der Waals surface area (Å²) in [6.07, 6.45) is 1.68. The highest BCUT2D eigenvalue weighted by atomic mass is 16.5. The van der Waals surface area contributed by atoms with Crippen molar-refractivity contribution in [2.45, 2.75) is 20.0 Å². The van der Waals surface area contributed by atoms with Crippen LogP contribution in [-0.4, -0.2) is 43.8 Å². The third kappa shape index (κ3) is 5.86. The molecule has 0 atom stereocenters. The minimum atomic E-state index is 0.540. The van der Waals surface area contributed by atoms with E-state index >= 15 is 0 Å². The standard InChI is InChI=1S/C24H29N5O2/c1-2-25-24(27-17-21-18-31-23(28-21)20-6-4-3-5-7-20)26-16-19-8-10-22(11-9-19)29-12-14-30-15-13-29/h3-11,18H,2,12-17H2,1H3,(H2,25,26,27). The average molecular weight is 420 g/mol. The van der Waals surface area contributed by atoms with Crippen LogP contribution in [0.15, 0.2) is 70.3 Å². The van der Waals surface area contributed by atoms with Gasteiger partial charge in [0, 0.05) is 30.9 Å². The first-order valence-corrected chi connectivity index (χ1v) is 10.8. The van der Waals surface area contributed by atoms with Gasteiger partial charge in [-0.25, -0.2) is 9.98 Å². The molecule has 1 fully saturated rings. The van der Waals surface area contributed by atoms with Crippen molar-refractivity contribution in [3.05, 3.63) is 72.1 Å². The minimum Gasteiger partial charge on any atom is -0.444 e. The van der Waals surface area contributed by atoms with Crippen LogP contribution >= 0.6 is 0 Å². The van der Waals surface area contributed by atoms with Gasteiger partial charge in [-0.1, -0.05) is 30.3 Å². The molecule has 1 aliphatic heterocycles. The summed E-state index contributed by atoms with van der Waals surface area (Å²) in [6, 6.07) is 18.5. The van der Waals surface area contributed by atoms with Gasteiger partial charge < -0.3 is 24.7 Å². The smallest absolute Gasteiger partial charge is 0.226 e. The summed E-state index contributed by atoms with van der Waals surface area (Å²) < 4.78 is 11.0. The molecular weight excluding hydrogens is 390 g/mol. The Labute approximate surface area is 183 Å². The van der Waals surface area contributed by atoms with E-state index < -0.39 is 0 Å². The van der Waals surface area contributed by atoms with Gasteiger partial charge in [0.2, 0.25) is 5.89 Å². The van der Waals surface area contributed by atoms with Crippen LogP contribution in [0.1, 0.15) is 18.2 Å². The number of nitrogens with one attached hydrogen (secondary N) is 2. The van der Waals surface area contributed by atoms with E-state index in [1.165, 1.54) is 11.3 Å². The summed E-state index contributed by atoms with van der Waals surface area (Å²) in [5, 5.41) is 6.61. The Balaban J connectivity index is 1.33. The van der Waals surface area contributed by atoms with Crippen LogP contribution in [0.4, 0.5) is 5.69 Å². The van der Waals surface area contributed by atoms with E-state index in [-0.39, 0.29) is 0 Å². The van der Waals surface area contributed by atoms with Crippen molar-refractivity contribution in [3.8, 4) is 11.5 Å². The molecule has 1 aromatic heterocycles. The molecule has 2 heterocycles. The molecule has 0 aliphatic carbocycles. The predicted molar refractivity (Wildman–Crippen MR) is 123 cm³/mol. The summed E-state index contributed by atoms with van der Waals surface area (Å²) >= 11 is 0. The van der Waals surface area contributed by atoms with Crippen LogP contribution < -0.4 is 15.5 Å². The second kappa shape index (κ2) is 10.6. The number of hydrogen-bond acceptors (Lipinski definition) is 5. The fraction of sp³-hybridized carbons (Fsp3) is 0.333. The molecule has 0 radical (unpaired) electrons. The largest absolute Gasteiger partial charge is 0.444 e. The van der Waals surface area contributed by atoms with E-state index in [9.17, 15) is 0 Å².